The quantitative estimate of drug-likeness (QED) is 0.425. The lowest BCUT2D eigenvalue weighted by molar-refractivity contribution is -0.128. The molecular formula is C27H34N2O4. The minimum Gasteiger partial charge on any atom is -0.496 e. The van der Waals surface area contributed by atoms with E-state index >= 15 is 0 Å². The number of hydrogen-bond acceptors (Lipinski definition) is 4. The molecule has 0 saturated heterocycles. The number of rotatable bonds is 10. The Hall–Kier alpha value is -3.28. The van der Waals surface area contributed by atoms with E-state index in [4.69, 9.17) is 9.47 Å². The molecule has 1 unspecified atom stereocenters. The third-order valence-electron chi connectivity index (χ3n) is 6.12. The molecule has 1 heterocycles. The van der Waals surface area contributed by atoms with Crippen molar-refractivity contribution in [3.63, 3.8) is 0 Å². The summed E-state index contributed by atoms with van der Waals surface area (Å²) >= 11 is 0. The number of esters is 1. The Kier molecular flexibility index (Phi) is 8.15. The van der Waals surface area contributed by atoms with Crippen molar-refractivity contribution in [3.05, 3.63) is 64.8 Å². The highest BCUT2D eigenvalue weighted by atomic mass is 16.5. The molecule has 33 heavy (non-hydrogen) atoms. The van der Waals surface area contributed by atoms with E-state index in [1.54, 1.807) is 38.2 Å². The lowest BCUT2D eigenvalue weighted by atomic mass is 9.86. The first-order valence-electron chi connectivity index (χ1n) is 11.5. The zero-order chi connectivity index (χ0) is 24.0. The van der Waals surface area contributed by atoms with Gasteiger partial charge in [0.05, 0.1) is 19.8 Å². The molecule has 1 atom stereocenters. The smallest absolute Gasteiger partial charge is 0.337 e. The lowest BCUT2D eigenvalue weighted by Crippen LogP contribution is -2.21. The van der Waals surface area contributed by atoms with Crippen LogP contribution in [0.25, 0.3) is 10.9 Å². The molecule has 6 nitrogen and oxygen atoms in total. The third kappa shape index (κ3) is 5.56. The van der Waals surface area contributed by atoms with Crippen LogP contribution in [0, 0.1) is 0 Å². The largest absolute Gasteiger partial charge is 0.496 e. The van der Waals surface area contributed by atoms with Gasteiger partial charge in [-0.1, -0.05) is 25.5 Å². The molecule has 2 aromatic carbocycles. The first-order valence-corrected chi connectivity index (χ1v) is 11.5. The Morgan fingerprint density at radius 1 is 1.06 bits per heavy atom. The number of ether oxygens (including phenoxy) is 2. The minimum atomic E-state index is -0.378. The zero-order valence-electron chi connectivity index (χ0n) is 20.2. The summed E-state index contributed by atoms with van der Waals surface area (Å²) in [4.78, 5) is 28.9. The lowest BCUT2D eigenvalue weighted by Gasteiger charge is -2.20. The normalized spacial score (nSPS) is 11.9. The van der Waals surface area contributed by atoms with E-state index in [0.29, 0.717) is 17.7 Å². The fourth-order valence-corrected chi connectivity index (χ4v) is 4.31. The number of nitrogens with one attached hydrogen (secondary N) is 1. The fraction of sp³-hybridized carbons (Fsp3) is 0.407. The number of H-pyrrole nitrogens is 1. The average molecular weight is 451 g/mol. The van der Waals surface area contributed by atoms with Gasteiger partial charge in [-0.3, -0.25) is 4.79 Å². The SMILES string of the molecule is CCCC(c1ccc(C(=O)OC)cc1OC)c1c[nH]c2ccc(CCCC(=O)N(C)C)cc12. The Bertz CT molecular complexity index is 1120. The maximum absolute atomic E-state index is 12.0. The summed E-state index contributed by atoms with van der Waals surface area (Å²) in [6.45, 7) is 2.17. The van der Waals surface area contributed by atoms with Crippen LogP contribution in [0.15, 0.2) is 42.6 Å². The second-order valence-electron chi connectivity index (χ2n) is 8.56. The number of fused-ring (bicyclic) bond motifs is 1. The predicted octanol–water partition coefficient (Wildman–Crippen LogP) is 5.31. The highest BCUT2D eigenvalue weighted by Crippen LogP contribution is 2.39. The molecule has 0 saturated carbocycles. The van der Waals surface area contributed by atoms with E-state index in [-0.39, 0.29) is 17.8 Å². The van der Waals surface area contributed by atoms with E-state index < -0.39 is 0 Å². The molecule has 1 amide bonds. The van der Waals surface area contributed by atoms with Gasteiger partial charge in [-0.15, -0.1) is 0 Å². The van der Waals surface area contributed by atoms with Gasteiger partial charge in [0.15, 0.2) is 0 Å². The molecule has 0 aliphatic rings. The van der Waals surface area contributed by atoms with Gasteiger partial charge in [-0.05, 0) is 54.7 Å². The van der Waals surface area contributed by atoms with Crippen molar-refractivity contribution >= 4 is 22.8 Å². The number of aromatic nitrogens is 1. The van der Waals surface area contributed by atoms with Crippen LogP contribution >= 0.6 is 0 Å². The Morgan fingerprint density at radius 2 is 1.85 bits per heavy atom. The Labute approximate surface area is 195 Å². The van der Waals surface area contributed by atoms with Crippen molar-refractivity contribution in [1.82, 2.24) is 9.88 Å². The van der Waals surface area contributed by atoms with Gasteiger partial charge in [0.1, 0.15) is 5.75 Å². The number of carbonyl (C=O) groups excluding carboxylic acids is 2. The molecule has 0 bridgehead atoms. The van der Waals surface area contributed by atoms with Crippen molar-refractivity contribution in [2.75, 3.05) is 28.3 Å². The number of aromatic amines is 1. The van der Waals surface area contributed by atoms with Gasteiger partial charge in [-0.25, -0.2) is 4.79 Å². The summed E-state index contributed by atoms with van der Waals surface area (Å²) in [6.07, 6.45) is 6.26. The van der Waals surface area contributed by atoms with Crippen LogP contribution in [0.3, 0.4) is 0 Å². The predicted molar refractivity (Wildman–Crippen MR) is 131 cm³/mol. The number of nitrogens with zero attached hydrogens (tertiary/aromatic N) is 1. The topological polar surface area (TPSA) is 71.6 Å². The van der Waals surface area contributed by atoms with Gasteiger partial charge in [-0.2, -0.15) is 0 Å². The Balaban J connectivity index is 1.95. The van der Waals surface area contributed by atoms with Crippen LogP contribution in [0.1, 0.15) is 65.6 Å². The maximum Gasteiger partial charge on any atom is 0.337 e. The molecule has 0 aliphatic heterocycles. The summed E-state index contributed by atoms with van der Waals surface area (Å²) < 4.78 is 10.5. The van der Waals surface area contributed by atoms with Crippen LogP contribution in [0.5, 0.6) is 5.75 Å². The summed E-state index contributed by atoms with van der Waals surface area (Å²) in [5.41, 5.74) is 5.04. The van der Waals surface area contributed by atoms with Gasteiger partial charge < -0.3 is 19.4 Å². The molecule has 3 rings (SSSR count). The van der Waals surface area contributed by atoms with E-state index in [9.17, 15) is 9.59 Å². The zero-order valence-corrected chi connectivity index (χ0v) is 20.2. The van der Waals surface area contributed by atoms with E-state index in [1.165, 1.54) is 23.6 Å². The van der Waals surface area contributed by atoms with Crippen molar-refractivity contribution in [2.24, 2.45) is 0 Å². The van der Waals surface area contributed by atoms with Gasteiger partial charge >= 0.3 is 5.97 Å². The van der Waals surface area contributed by atoms with E-state index in [2.05, 4.69) is 36.3 Å². The number of amides is 1. The third-order valence-corrected chi connectivity index (χ3v) is 6.12. The molecule has 1 aromatic heterocycles. The van der Waals surface area contributed by atoms with Crippen molar-refractivity contribution in [2.45, 2.75) is 44.9 Å². The van der Waals surface area contributed by atoms with Crippen molar-refractivity contribution in [1.29, 1.82) is 0 Å². The molecule has 0 fully saturated rings. The molecule has 0 spiro atoms. The molecule has 3 aromatic rings. The number of hydrogen-bond donors (Lipinski definition) is 1. The second-order valence-corrected chi connectivity index (χ2v) is 8.56. The summed E-state index contributed by atoms with van der Waals surface area (Å²) in [7, 11) is 6.59. The van der Waals surface area contributed by atoms with Gasteiger partial charge in [0.2, 0.25) is 5.91 Å². The van der Waals surface area contributed by atoms with Gasteiger partial charge in [0, 0.05) is 49.1 Å². The molecular weight excluding hydrogens is 416 g/mol. The fourth-order valence-electron chi connectivity index (χ4n) is 4.31. The van der Waals surface area contributed by atoms with E-state index in [0.717, 1.165) is 36.8 Å². The molecule has 0 aliphatic carbocycles. The number of methoxy groups -OCH3 is 2. The summed E-state index contributed by atoms with van der Waals surface area (Å²) in [5.74, 6) is 0.584. The van der Waals surface area contributed by atoms with E-state index in [1.807, 2.05) is 6.07 Å². The average Bonchev–Trinajstić information content (AvgIpc) is 3.24. The highest BCUT2D eigenvalue weighted by Gasteiger charge is 2.22. The van der Waals surface area contributed by atoms with Crippen molar-refractivity contribution in [3.8, 4) is 5.75 Å². The maximum atomic E-state index is 12.0. The first-order chi connectivity index (χ1) is 15.9. The van der Waals surface area contributed by atoms with Crippen LogP contribution < -0.4 is 4.74 Å². The standard InChI is InChI=1S/C27H34N2O4/c1-6-8-20(21-13-12-19(27(31)33-5)16-25(21)32-4)23-17-28-24-14-11-18(15-22(23)24)9-7-10-26(30)29(2)3/h11-17,20,28H,6-10H2,1-5H3. The number of benzene rings is 2. The molecule has 6 heteroatoms. The Morgan fingerprint density at radius 3 is 2.52 bits per heavy atom. The highest BCUT2D eigenvalue weighted by molar-refractivity contribution is 5.90. The van der Waals surface area contributed by atoms with Crippen LogP contribution in [-0.4, -0.2) is 50.1 Å². The molecule has 1 N–H and O–H groups in total. The van der Waals surface area contributed by atoms with Crippen LogP contribution in [0.2, 0.25) is 0 Å². The monoisotopic (exact) mass is 450 g/mol. The van der Waals surface area contributed by atoms with Gasteiger partial charge in [0.25, 0.3) is 0 Å². The van der Waals surface area contributed by atoms with Crippen LogP contribution in [0.4, 0.5) is 0 Å². The van der Waals surface area contributed by atoms with Crippen molar-refractivity contribution < 1.29 is 19.1 Å². The minimum absolute atomic E-state index is 0.121. The van der Waals surface area contributed by atoms with Crippen LogP contribution in [-0.2, 0) is 16.0 Å². The first kappa shape index (κ1) is 24.4. The molecule has 0 radical (unpaired) electrons. The molecule has 176 valence electrons. The second kappa shape index (κ2) is 11.0. The summed E-state index contributed by atoms with van der Waals surface area (Å²) in [5, 5.41) is 1.18. The number of carbonyl (C=O) groups is 2. The number of aryl methyl sites for hydroxylation is 1. The summed E-state index contributed by atoms with van der Waals surface area (Å²) in [6, 6.07) is 12.0.